The van der Waals surface area contributed by atoms with E-state index in [1.165, 1.54) is 17.8 Å². The number of ether oxygens (including phenoxy) is 1. The normalized spacial score (nSPS) is 12.0. The maximum Gasteiger partial charge on any atom is 0.234 e. The van der Waals surface area contributed by atoms with E-state index >= 15 is 0 Å². The molecule has 6 nitrogen and oxygen atoms in total. The van der Waals surface area contributed by atoms with Crippen LogP contribution in [0.1, 0.15) is 36.9 Å². The van der Waals surface area contributed by atoms with Crippen molar-refractivity contribution in [3.05, 3.63) is 63.9 Å². The summed E-state index contributed by atoms with van der Waals surface area (Å²) in [6, 6.07) is 6.71. The van der Waals surface area contributed by atoms with Gasteiger partial charge in [0.25, 0.3) is 0 Å². The van der Waals surface area contributed by atoms with Crippen LogP contribution in [-0.2, 0) is 11.3 Å². The summed E-state index contributed by atoms with van der Waals surface area (Å²) in [5.41, 5.74) is 1.77. The number of carbonyl (C=O) groups excluding carboxylic acids is 1. The molecule has 0 aliphatic rings. The average molecular weight is 481 g/mol. The molecule has 3 rings (SSSR count). The summed E-state index contributed by atoms with van der Waals surface area (Å²) in [4.78, 5) is 12.2. The monoisotopic (exact) mass is 480 g/mol. The third-order valence-electron chi connectivity index (χ3n) is 4.69. The topological polar surface area (TPSA) is 69.0 Å². The van der Waals surface area contributed by atoms with Gasteiger partial charge in [-0.25, -0.2) is 8.78 Å². The van der Waals surface area contributed by atoms with Gasteiger partial charge in [0.15, 0.2) is 17.1 Å². The maximum atomic E-state index is 13.7. The van der Waals surface area contributed by atoms with Crippen molar-refractivity contribution >= 4 is 35.0 Å². The zero-order valence-electron chi connectivity index (χ0n) is 18.1. The first-order chi connectivity index (χ1) is 15.2. The third kappa shape index (κ3) is 5.58. The standard InChI is InChI=1S/C22H23ClF2N4O2S/c1-5-29-21(14(4)31-16-8-12(2)20(23)13(3)9-16)27-28-22(29)32-11-19(30)26-18-7-6-15(24)10-17(18)25/h6-10,14H,5,11H2,1-4H3,(H,26,30). The summed E-state index contributed by atoms with van der Waals surface area (Å²) in [6.45, 7) is 8.21. The number of rotatable bonds is 8. The minimum absolute atomic E-state index is 0.0141. The lowest BCUT2D eigenvalue weighted by Gasteiger charge is -2.17. The zero-order chi connectivity index (χ0) is 23.4. The van der Waals surface area contributed by atoms with Crippen molar-refractivity contribution in [1.82, 2.24) is 14.8 Å². The molecule has 1 heterocycles. The maximum absolute atomic E-state index is 13.7. The molecule has 170 valence electrons. The Morgan fingerprint density at radius 1 is 1.22 bits per heavy atom. The molecule has 0 fully saturated rings. The van der Waals surface area contributed by atoms with Crippen LogP contribution in [0.25, 0.3) is 0 Å². The summed E-state index contributed by atoms with van der Waals surface area (Å²) in [5.74, 6) is -0.703. The predicted octanol–water partition coefficient (Wildman–Crippen LogP) is 5.72. The number of anilines is 1. The van der Waals surface area contributed by atoms with Gasteiger partial charge in [-0.15, -0.1) is 10.2 Å². The highest BCUT2D eigenvalue weighted by Gasteiger charge is 2.20. The van der Waals surface area contributed by atoms with Crippen LogP contribution in [-0.4, -0.2) is 26.4 Å². The lowest BCUT2D eigenvalue weighted by Crippen LogP contribution is -2.16. The second-order valence-corrected chi connectivity index (χ2v) is 8.50. The van der Waals surface area contributed by atoms with E-state index in [4.69, 9.17) is 16.3 Å². The molecule has 0 radical (unpaired) electrons. The number of nitrogens with one attached hydrogen (secondary N) is 1. The molecule has 0 saturated heterocycles. The first kappa shape index (κ1) is 24.0. The van der Waals surface area contributed by atoms with E-state index in [0.717, 1.165) is 17.2 Å². The van der Waals surface area contributed by atoms with Crippen molar-refractivity contribution in [2.75, 3.05) is 11.1 Å². The van der Waals surface area contributed by atoms with Crippen LogP contribution in [0.2, 0.25) is 5.02 Å². The van der Waals surface area contributed by atoms with Gasteiger partial charge in [-0.2, -0.15) is 0 Å². The van der Waals surface area contributed by atoms with Gasteiger partial charge in [0.1, 0.15) is 17.4 Å². The quantitative estimate of drug-likeness (QED) is 0.418. The van der Waals surface area contributed by atoms with Gasteiger partial charge in [0.2, 0.25) is 5.91 Å². The summed E-state index contributed by atoms with van der Waals surface area (Å²) < 4.78 is 34.7. The fourth-order valence-electron chi connectivity index (χ4n) is 3.14. The van der Waals surface area contributed by atoms with Crippen molar-refractivity contribution in [3.63, 3.8) is 0 Å². The molecule has 0 spiro atoms. The highest BCUT2D eigenvalue weighted by atomic mass is 35.5. The van der Waals surface area contributed by atoms with Gasteiger partial charge in [-0.1, -0.05) is 23.4 Å². The number of nitrogens with zero attached hydrogens (tertiary/aromatic N) is 3. The first-order valence-corrected chi connectivity index (χ1v) is 11.3. The SMILES string of the molecule is CCn1c(SCC(=O)Nc2ccc(F)cc2F)nnc1C(C)Oc1cc(C)c(Cl)c(C)c1. The van der Waals surface area contributed by atoms with Crippen LogP contribution in [0.4, 0.5) is 14.5 Å². The Hall–Kier alpha value is -2.65. The number of hydrogen-bond donors (Lipinski definition) is 1. The van der Waals surface area contributed by atoms with Gasteiger partial charge in [0.05, 0.1) is 11.4 Å². The minimum atomic E-state index is -0.832. The number of benzene rings is 2. The molecule has 1 unspecified atom stereocenters. The summed E-state index contributed by atoms with van der Waals surface area (Å²) in [5, 5.41) is 12.1. The Balaban J connectivity index is 1.67. The lowest BCUT2D eigenvalue weighted by molar-refractivity contribution is -0.113. The fourth-order valence-corrected chi connectivity index (χ4v) is 4.06. The van der Waals surface area contributed by atoms with Crippen molar-refractivity contribution < 1.29 is 18.3 Å². The summed E-state index contributed by atoms with van der Waals surface area (Å²) in [6.07, 6.45) is -0.390. The molecule has 0 bridgehead atoms. The number of aromatic nitrogens is 3. The number of hydrogen-bond acceptors (Lipinski definition) is 5. The number of aryl methyl sites for hydroxylation is 2. The van der Waals surface area contributed by atoms with Crippen LogP contribution in [0, 0.1) is 25.5 Å². The second-order valence-electron chi connectivity index (χ2n) is 7.18. The summed E-state index contributed by atoms with van der Waals surface area (Å²) >= 11 is 7.39. The highest BCUT2D eigenvalue weighted by molar-refractivity contribution is 7.99. The van der Waals surface area contributed by atoms with Gasteiger partial charge < -0.3 is 14.6 Å². The average Bonchev–Trinajstić information content (AvgIpc) is 3.15. The van der Waals surface area contributed by atoms with E-state index < -0.39 is 17.5 Å². The molecule has 0 saturated carbocycles. The number of amides is 1. The molecule has 1 atom stereocenters. The van der Waals surface area contributed by atoms with E-state index in [1.807, 2.05) is 44.4 Å². The minimum Gasteiger partial charge on any atom is -0.483 e. The molecule has 0 aliphatic carbocycles. The molecule has 0 aliphatic heterocycles. The fraction of sp³-hybridized carbons (Fsp3) is 0.318. The van der Waals surface area contributed by atoms with E-state index in [1.54, 1.807) is 0 Å². The Bertz CT molecular complexity index is 1120. The molecule has 1 N–H and O–H groups in total. The molecular formula is C22H23ClF2N4O2S. The molecular weight excluding hydrogens is 458 g/mol. The Morgan fingerprint density at radius 3 is 2.53 bits per heavy atom. The van der Waals surface area contributed by atoms with Crippen LogP contribution in [0.15, 0.2) is 35.5 Å². The van der Waals surface area contributed by atoms with Gasteiger partial charge >= 0.3 is 0 Å². The van der Waals surface area contributed by atoms with Crippen LogP contribution < -0.4 is 10.1 Å². The lowest BCUT2D eigenvalue weighted by atomic mass is 10.1. The van der Waals surface area contributed by atoms with Gasteiger partial charge in [-0.05, 0) is 63.1 Å². The van der Waals surface area contributed by atoms with Crippen molar-refractivity contribution in [2.45, 2.75) is 45.5 Å². The number of carbonyl (C=O) groups is 1. The molecule has 3 aromatic rings. The van der Waals surface area contributed by atoms with Crippen molar-refractivity contribution in [2.24, 2.45) is 0 Å². The zero-order valence-corrected chi connectivity index (χ0v) is 19.7. The molecule has 32 heavy (non-hydrogen) atoms. The molecule has 1 aromatic heterocycles. The smallest absolute Gasteiger partial charge is 0.234 e. The Morgan fingerprint density at radius 2 is 1.91 bits per heavy atom. The third-order valence-corrected chi connectivity index (χ3v) is 6.25. The van der Waals surface area contributed by atoms with Gasteiger partial charge in [0, 0.05) is 17.6 Å². The first-order valence-electron chi connectivity index (χ1n) is 9.93. The second kappa shape index (κ2) is 10.3. The van der Waals surface area contributed by atoms with Crippen LogP contribution in [0.3, 0.4) is 0 Å². The van der Waals surface area contributed by atoms with Crippen LogP contribution >= 0.6 is 23.4 Å². The molecule has 10 heteroatoms. The predicted molar refractivity (Wildman–Crippen MR) is 121 cm³/mol. The largest absolute Gasteiger partial charge is 0.483 e. The van der Waals surface area contributed by atoms with E-state index in [-0.39, 0.29) is 17.5 Å². The highest BCUT2D eigenvalue weighted by Crippen LogP contribution is 2.29. The number of thioether (sulfide) groups is 1. The van der Waals surface area contributed by atoms with E-state index in [0.29, 0.717) is 34.4 Å². The molecule has 2 aromatic carbocycles. The van der Waals surface area contributed by atoms with Crippen LogP contribution in [0.5, 0.6) is 5.75 Å². The number of halogens is 3. The van der Waals surface area contributed by atoms with E-state index in [9.17, 15) is 13.6 Å². The van der Waals surface area contributed by atoms with E-state index in [2.05, 4.69) is 15.5 Å². The molecule has 1 amide bonds. The Labute approximate surface area is 194 Å². The van der Waals surface area contributed by atoms with Crippen molar-refractivity contribution in [1.29, 1.82) is 0 Å². The van der Waals surface area contributed by atoms with Crippen molar-refractivity contribution in [3.8, 4) is 5.75 Å². The van der Waals surface area contributed by atoms with Gasteiger partial charge in [-0.3, -0.25) is 4.79 Å². The Kier molecular flexibility index (Phi) is 7.73. The summed E-state index contributed by atoms with van der Waals surface area (Å²) in [7, 11) is 0.